The number of aliphatic hydroxyl groups is 4. The maximum absolute atomic E-state index is 11.9. The monoisotopic (exact) mass is 622 g/mol. The zero-order valence-electron chi connectivity index (χ0n) is 25.6. The number of rotatable bonds is 10. The molecule has 4 aliphatic carbocycles. The van der Waals surface area contributed by atoms with Gasteiger partial charge < -0.3 is 44.1 Å². The Morgan fingerprint density at radius 2 is 1.58 bits per heavy atom. The Morgan fingerprint density at radius 1 is 0.889 bits per heavy atom. The van der Waals surface area contributed by atoms with Crippen molar-refractivity contribution in [3.8, 4) is 11.5 Å². The van der Waals surface area contributed by atoms with Crippen LogP contribution in [0, 0.1) is 23.7 Å². The van der Waals surface area contributed by atoms with E-state index in [2.05, 4.69) is 0 Å². The van der Waals surface area contributed by atoms with Gasteiger partial charge in [0.2, 0.25) is 6.29 Å². The fourth-order valence-electron chi connectivity index (χ4n) is 7.75. The first-order valence-electron chi connectivity index (χ1n) is 15.6. The minimum Gasteiger partial charge on any atom is -0.496 e. The van der Waals surface area contributed by atoms with Crippen molar-refractivity contribution in [2.24, 2.45) is 23.7 Å². The van der Waals surface area contributed by atoms with E-state index in [4.69, 9.17) is 23.7 Å². The quantitative estimate of drug-likeness (QED) is 0.177. The molecule has 2 aromatic rings. The summed E-state index contributed by atoms with van der Waals surface area (Å²) in [4.78, 5) is 11.9. The Balaban J connectivity index is 1.20. The van der Waals surface area contributed by atoms with Gasteiger partial charge in [-0.2, -0.15) is 0 Å². The molecule has 7 rings (SSSR count). The zero-order valence-corrected chi connectivity index (χ0v) is 25.6. The fraction of sp³-hybridized carbons (Fsp3) is 0.514. The zero-order chi connectivity index (χ0) is 31.7. The molecule has 4 bridgehead atoms. The average Bonchev–Trinajstić information content (AvgIpc) is 3.05. The minimum absolute atomic E-state index is 0.219. The highest BCUT2D eigenvalue weighted by Crippen LogP contribution is 2.58. The van der Waals surface area contributed by atoms with Crippen LogP contribution in [0.1, 0.15) is 48.8 Å². The van der Waals surface area contributed by atoms with Crippen LogP contribution in [-0.4, -0.2) is 77.9 Å². The molecule has 1 aliphatic heterocycles. The van der Waals surface area contributed by atoms with Crippen molar-refractivity contribution in [2.45, 2.75) is 69.4 Å². The third kappa shape index (κ3) is 6.62. The number of allylic oxidation sites excluding steroid dienone is 1. The van der Waals surface area contributed by atoms with Crippen LogP contribution in [0.4, 0.5) is 0 Å². The Morgan fingerprint density at radius 3 is 2.20 bits per heavy atom. The lowest BCUT2D eigenvalue weighted by molar-refractivity contribution is -0.277. The predicted molar refractivity (Wildman–Crippen MR) is 164 cm³/mol. The number of ether oxygens (including phenoxy) is 5. The van der Waals surface area contributed by atoms with E-state index in [1.807, 2.05) is 18.2 Å². The molecule has 0 amide bonds. The highest BCUT2D eigenvalue weighted by Gasteiger charge is 2.47. The molecule has 0 aromatic heterocycles. The second-order valence-electron chi connectivity index (χ2n) is 12.6. The highest BCUT2D eigenvalue weighted by molar-refractivity contribution is 5.87. The smallest absolute Gasteiger partial charge is 0.330 e. The number of carbonyl (C=O) groups is 1. The lowest BCUT2D eigenvalue weighted by Crippen LogP contribution is -2.60. The summed E-state index contributed by atoms with van der Waals surface area (Å²) in [7, 11) is 3.08. The first-order valence-corrected chi connectivity index (χ1v) is 15.6. The molecule has 0 spiro atoms. The van der Waals surface area contributed by atoms with Crippen molar-refractivity contribution >= 4 is 17.8 Å². The van der Waals surface area contributed by atoms with Crippen LogP contribution in [0.15, 0.2) is 54.1 Å². The van der Waals surface area contributed by atoms with E-state index in [1.165, 1.54) is 50.9 Å². The molecule has 2 aromatic carbocycles. The van der Waals surface area contributed by atoms with Crippen LogP contribution >= 0.6 is 0 Å². The summed E-state index contributed by atoms with van der Waals surface area (Å²) >= 11 is 0. The molecule has 3 unspecified atom stereocenters. The molecular weight excluding hydrogens is 580 g/mol. The second-order valence-corrected chi connectivity index (χ2v) is 12.6. The Hall–Kier alpha value is -3.41. The molecule has 0 radical (unpaired) electrons. The lowest BCUT2D eigenvalue weighted by Gasteiger charge is -2.51. The number of hydrogen-bond donors (Lipinski definition) is 4. The Kier molecular flexibility index (Phi) is 9.49. The number of aliphatic hydroxyl groups excluding tert-OH is 4. The lowest BCUT2D eigenvalue weighted by atomic mass is 9.54. The van der Waals surface area contributed by atoms with E-state index in [0.29, 0.717) is 23.3 Å². The molecule has 242 valence electrons. The summed E-state index contributed by atoms with van der Waals surface area (Å²) in [5.74, 6) is 4.25. The predicted octanol–water partition coefficient (Wildman–Crippen LogP) is 3.44. The van der Waals surface area contributed by atoms with E-state index < -0.39 is 43.3 Å². The van der Waals surface area contributed by atoms with Crippen molar-refractivity contribution in [1.29, 1.82) is 0 Å². The molecule has 5 fully saturated rings. The summed E-state index contributed by atoms with van der Waals surface area (Å²) in [6, 6.07) is 12.9. The van der Waals surface area contributed by atoms with Gasteiger partial charge >= 0.3 is 5.97 Å². The molecular formula is C35H42O10. The van der Waals surface area contributed by atoms with Crippen molar-refractivity contribution < 1.29 is 48.9 Å². The van der Waals surface area contributed by atoms with E-state index in [0.717, 1.165) is 34.3 Å². The van der Waals surface area contributed by atoms with Crippen molar-refractivity contribution in [1.82, 2.24) is 0 Å². The summed E-state index contributed by atoms with van der Waals surface area (Å²) < 4.78 is 28.3. The van der Waals surface area contributed by atoms with Gasteiger partial charge in [0, 0.05) is 17.2 Å². The van der Waals surface area contributed by atoms with Crippen LogP contribution in [0.5, 0.6) is 11.5 Å². The SMILES string of the molecule is COC(=O)/C=C/c1ccc(C(OC)=C2C3CC4CC(C3)CC2C4)cc1OCc1ccc(O[C@@H]2OC(CO)[C@H](O)C(O)C2O)cc1. The summed E-state index contributed by atoms with van der Waals surface area (Å²) in [6.45, 7) is -0.319. The van der Waals surface area contributed by atoms with Crippen LogP contribution < -0.4 is 9.47 Å². The summed E-state index contributed by atoms with van der Waals surface area (Å²) in [5.41, 5.74) is 3.95. The number of esters is 1. The van der Waals surface area contributed by atoms with E-state index in [-0.39, 0.29) is 6.61 Å². The first-order chi connectivity index (χ1) is 21.8. The molecule has 10 heteroatoms. The van der Waals surface area contributed by atoms with Gasteiger partial charge in [-0.15, -0.1) is 0 Å². The van der Waals surface area contributed by atoms with Gasteiger partial charge in [0.05, 0.1) is 20.8 Å². The van der Waals surface area contributed by atoms with Crippen LogP contribution in [0.3, 0.4) is 0 Å². The maximum atomic E-state index is 11.9. The molecule has 45 heavy (non-hydrogen) atoms. The normalized spacial score (nSPS) is 32.0. The van der Waals surface area contributed by atoms with Gasteiger partial charge in [-0.25, -0.2) is 4.79 Å². The second kappa shape index (κ2) is 13.5. The molecule has 4 N–H and O–H groups in total. The van der Waals surface area contributed by atoms with Crippen LogP contribution in [0.25, 0.3) is 11.8 Å². The standard InChI is InChI=1S/C35H42O10/c1-41-29(37)10-7-22-5-6-23(34(42-2)30-24-12-20-11-21(14-24)15-25(30)13-20)16-27(22)43-18-19-3-8-26(9-4-19)44-35-33(40)32(39)31(38)28(17-36)45-35/h3-10,16,20-21,24-25,28,31-33,35-36,38-40H,11-15,17-18H2,1-2H3/b10-7+,34-30?/t20?,21?,24?,25?,28?,31-,32?,33?,35+/m0/s1. The van der Waals surface area contributed by atoms with Gasteiger partial charge in [-0.1, -0.05) is 24.3 Å². The molecule has 4 saturated carbocycles. The molecule has 10 nitrogen and oxygen atoms in total. The van der Waals surface area contributed by atoms with E-state index >= 15 is 0 Å². The van der Waals surface area contributed by atoms with Gasteiger partial charge in [0.1, 0.15) is 48.3 Å². The van der Waals surface area contributed by atoms with E-state index in [1.54, 1.807) is 37.5 Å². The van der Waals surface area contributed by atoms with Crippen molar-refractivity contribution in [3.05, 3.63) is 70.8 Å². The number of methoxy groups -OCH3 is 2. The fourth-order valence-corrected chi connectivity index (χ4v) is 7.75. The van der Waals surface area contributed by atoms with E-state index in [9.17, 15) is 25.2 Å². The van der Waals surface area contributed by atoms with Gasteiger partial charge in [-0.3, -0.25) is 0 Å². The van der Waals surface area contributed by atoms with Gasteiger partial charge in [0.15, 0.2) is 0 Å². The number of carbonyl (C=O) groups excluding carboxylic acids is 1. The molecule has 5 atom stereocenters. The molecule has 1 heterocycles. The van der Waals surface area contributed by atoms with Crippen molar-refractivity contribution in [3.63, 3.8) is 0 Å². The first kappa shape index (κ1) is 31.6. The largest absolute Gasteiger partial charge is 0.496 e. The third-order valence-corrected chi connectivity index (χ3v) is 9.78. The minimum atomic E-state index is -1.52. The topological polar surface area (TPSA) is 144 Å². The Labute approximate surface area is 262 Å². The number of benzene rings is 2. The Bertz CT molecular complexity index is 1380. The van der Waals surface area contributed by atoms with Crippen LogP contribution in [0.2, 0.25) is 0 Å². The van der Waals surface area contributed by atoms with Crippen LogP contribution in [-0.2, 0) is 25.6 Å². The third-order valence-electron chi connectivity index (χ3n) is 9.78. The average molecular weight is 623 g/mol. The van der Waals surface area contributed by atoms with Crippen molar-refractivity contribution in [2.75, 3.05) is 20.8 Å². The molecule has 1 saturated heterocycles. The van der Waals surface area contributed by atoms with Gasteiger partial charge in [-0.05, 0) is 91.2 Å². The summed E-state index contributed by atoms with van der Waals surface area (Å²) in [5, 5.41) is 39.7. The molecule has 5 aliphatic rings. The number of hydrogen-bond acceptors (Lipinski definition) is 10. The maximum Gasteiger partial charge on any atom is 0.330 e. The highest BCUT2D eigenvalue weighted by atomic mass is 16.7. The summed E-state index contributed by atoms with van der Waals surface area (Å²) in [6.07, 6.45) is 2.58. The van der Waals surface area contributed by atoms with Gasteiger partial charge in [0.25, 0.3) is 0 Å².